The number of aliphatic hydroxyl groups is 1. The van der Waals surface area contributed by atoms with Crippen molar-refractivity contribution in [2.75, 3.05) is 18.4 Å². The van der Waals surface area contributed by atoms with Crippen LogP contribution in [0.3, 0.4) is 0 Å². The highest BCUT2D eigenvalue weighted by atomic mass is 16.4. The van der Waals surface area contributed by atoms with Gasteiger partial charge in [-0.1, -0.05) is 0 Å². The van der Waals surface area contributed by atoms with E-state index in [1.807, 2.05) is 18.2 Å². The lowest BCUT2D eigenvalue weighted by Crippen LogP contribution is -2.23. The van der Waals surface area contributed by atoms with Gasteiger partial charge in [-0.05, 0) is 30.7 Å². The van der Waals surface area contributed by atoms with Crippen molar-refractivity contribution in [2.45, 2.75) is 13.0 Å². The fourth-order valence-corrected chi connectivity index (χ4v) is 1.80. The van der Waals surface area contributed by atoms with Crippen molar-refractivity contribution >= 4 is 22.7 Å². The van der Waals surface area contributed by atoms with Gasteiger partial charge in [0, 0.05) is 24.2 Å². The Labute approximate surface area is 110 Å². The number of fused-ring (bicyclic) bond motifs is 1. The van der Waals surface area contributed by atoms with E-state index in [4.69, 9.17) is 14.6 Å². The zero-order valence-electron chi connectivity index (χ0n) is 10.3. The third-order valence-corrected chi connectivity index (χ3v) is 2.68. The Kier molecular flexibility index (Phi) is 4.25. The highest BCUT2D eigenvalue weighted by Crippen LogP contribution is 2.23. The molecule has 2 aromatic rings. The molecule has 19 heavy (non-hydrogen) atoms. The first kappa shape index (κ1) is 13.2. The van der Waals surface area contributed by atoms with Gasteiger partial charge in [0.1, 0.15) is 18.0 Å². The van der Waals surface area contributed by atoms with Crippen LogP contribution < -0.4 is 10.6 Å². The van der Waals surface area contributed by atoms with Crippen molar-refractivity contribution in [3.8, 4) is 0 Å². The van der Waals surface area contributed by atoms with Gasteiger partial charge in [-0.15, -0.1) is 0 Å². The number of carboxylic acid groups (broad SMARTS) is 1. The zero-order valence-corrected chi connectivity index (χ0v) is 10.3. The van der Waals surface area contributed by atoms with Crippen LogP contribution in [0.1, 0.15) is 12.2 Å². The highest BCUT2D eigenvalue weighted by molar-refractivity contribution is 5.81. The second-order valence-electron chi connectivity index (χ2n) is 4.14. The summed E-state index contributed by atoms with van der Waals surface area (Å²) >= 11 is 0. The van der Waals surface area contributed by atoms with Crippen LogP contribution in [-0.2, 0) is 6.61 Å². The summed E-state index contributed by atoms with van der Waals surface area (Å²) in [4.78, 5) is 10.2. The lowest BCUT2D eigenvalue weighted by atomic mass is 10.2. The first-order valence-electron chi connectivity index (χ1n) is 6.03. The highest BCUT2D eigenvalue weighted by Gasteiger charge is 2.03. The van der Waals surface area contributed by atoms with E-state index in [9.17, 15) is 4.79 Å². The van der Waals surface area contributed by atoms with Gasteiger partial charge >= 0.3 is 6.09 Å². The lowest BCUT2D eigenvalue weighted by Gasteiger charge is -2.06. The summed E-state index contributed by atoms with van der Waals surface area (Å²) in [5.74, 6) is 0.540. The van der Waals surface area contributed by atoms with Crippen molar-refractivity contribution in [1.29, 1.82) is 0 Å². The summed E-state index contributed by atoms with van der Waals surface area (Å²) in [6.07, 6.45) is -0.297. The number of nitrogens with one attached hydrogen (secondary N) is 2. The minimum atomic E-state index is -1.00. The van der Waals surface area contributed by atoms with E-state index in [0.717, 1.165) is 16.7 Å². The number of aliphatic hydroxyl groups excluding tert-OH is 1. The summed E-state index contributed by atoms with van der Waals surface area (Å²) in [6, 6.07) is 7.46. The Morgan fingerprint density at radius 2 is 2.11 bits per heavy atom. The molecule has 0 bridgehead atoms. The maximum Gasteiger partial charge on any atom is 0.404 e. The molecule has 1 aromatic carbocycles. The normalized spacial score (nSPS) is 10.6. The SMILES string of the molecule is O=C(O)NCCCNc1ccc2oc(CO)cc2c1. The Morgan fingerprint density at radius 1 is 1.26 bits per heavy atom. The minimum Gasteiger partial charge on any atom is -0.465 e. The number of hydrogen-bond donors (Lipinski definition) is 4. The molecule has 0 saturated heterocycles. The molecule has 0 saturated carbocycles. The minimum absolute atomic E-state index is 0.113. The predicted octanol–water partition coefficient (Wildman–Crippen LogP) is 1.99. The van der Waals surface area contributed by atoms with Gasteiger partial charge in [-0.3, -0.25) is 0 Å². The third kappa shape index (κ3) is 3.62. The van der Waals surface area contributed by atoms with Crippen LogP contribution >= 0.6 is 0 Å². The fourth-order valence-electron chi connectivity index (χ4n) is 1.80. The Hall–Kier alpha value is -2.21. The van der Waals surface area contributed by atoms with Gasteiger partial charge < -0.3 is 25.3 Å². The summed E-state index contributed by atoms with van der Waals surface area (Å²) in [7, 11) is 0. The van der Waals surface area contributed by atoms with Crippen molar-refractivity contribution < 1.29 is 19.4 Å². The molecule has 0 atom stereocenters. The molecule has 102 valence electrons. The zero-order chi connectivity index (χ0) is 13.7. The number of benzene rings is 1. The van der Waals surface area contributed by atoms with Gasteiger partial charge in [0.25, 0.3) is 0 Å². The molecule has 0 aliphatic heterocycles. The first-order chi connectivity index (χ1) is 9.19. The van der Waals surface area contributed by atoms with Crippen LogP contribution in [-0.4, -0.2) is 29.4 Å². The number of carbonyl (C=O) groups is 1. The van der Waals surface area contributed by atoms with Crippen LogP contribution in [0, 0.1) is 0 Å². The topological polar surface area (TPSA) is 94.7 Å². The van der Waals surface area contributed by atoms with Crippen molar-refractivity contribution in [1.82, 2.24) is 5.32 Å². The number of rotatable bonds is 6. The van der Waals surface area contributed by atoms with Gasteiger partial charge in [-0.2, -0.15) is 0 Å². The van der Waals surface area contributed by atoms with Gasteiger partial charge in [0.2, 0.25) is 0 Å². The molecule has 4 N–H and O–H groups in total. The molecule has 2 rings (SSSR count). The van der Waals surface area contributed by atoms with E-state index in [-0.39, 0.29) is 6.61 Å². The monoisotopic (exact) mass is 264 g/mol. The quantitative estimate of drug-likeness (QED) is 0.598. The van der Waals surface area contributed by atoms with E-state index >= 15 is 0 Å². The van der Waals surface area contributed by atoms with Crippen molar-refractivity contribution in [2.24, 2.45) is 0 Å². The lowest BCUT2D eigenvalue weighted by molar-refractivity contribution is 0.194. The van der Waals surface area contributed by atoms with E-state index in [2.05, 4.69) is 10.6 Å². The van der Waals surface area contributed by atoms with Crippen LogP contribution in [0.2, 0.25) is 0 Å². The molecule has 0 spiro atoms. The maximum atomic E-state index is 10.2. The molecule has 0 aliphatic rings. The average Bonchev–Trinajstić information content (AvgIpc) is 2.80. The first-order valence-corrected chi connectivity index (χ1v) is 6.03. The van der Waals surface area contributed by atoms with Gasteiger partial charge in [0.15, 0.2) is 0 Å². The second kappa shape index (κ2) is 6.10. The van der Waals surface area contributed by atoms with Crippen LogP contribution in [0.5, 0.6) is 0 Å². The van der Waals surface area contributed by atoms with Crippen molar-refractivity contribution in [3.63, 3.8) is 0 Å². The van der Waals surface area contributed by atoms with Gasteiger partial charge in [0.05, 0.1) is 0 Å². The number of anilines is 1. The number of furan rings is 1. The summed E-state index contributed by atoms with van der Waals surface area (Å²) in [5, 5.41) is 23.8. The van der Waals surface area contributed by atoms with E-state index in [1.165, 1.54) is 0 Å². The molecule has 0 fully saturated rings. The molecule has 6 nitrogen and oxygen atoms in total. The number of amides is 1. The van der Waals surface area contributed by atoms with Gasteiger partial charge in [-0.25, -0.2) is 4.79 Å². The molecule has 1 heterocycles. The van der Waals surface area contributed by atoms with E-state index < -0.39 is 6.09 Å². The molecule has 1 aromatic heterocycles. The van der Waals surface area contributed by atoms with Crippen LogP contribution in [0.4, 0.5) is 10.5 Å². The predicted molar refractivity (Wildman–Crippen MR) is 71.3 cm³/mol. The molecular formula is C13H16N2O4. The van der Waals surface area contributed by atoms with Crippen LogP contribution in [0.25, 0.3) is 11.0 Å². The summed E-state index contributed by atoms with van der Waals surface area (Å²) in [6.45, 7) is 0.986. The van der Waals surface area contributed by atoms with Crippen molar-refractivity contribution in [3.05, 3.63) is 30.0 Å². The third-order valence-electron chi connectivity index (χ3n) is 2.68. The maximum absolute atomic E-state index is 10.2. The average molecular weight is 264 g/mol. The molecule has 0 radical (unpaired) electrons. The molecule has 1 amide bonds. The second-order valence-corrected chi connectivity index (χ2v) is 4.14. The molecule has 0 unspecified atom stereocenters. The summed E-state index contributed by atoms with van der Waals surface area (Å²) in [5.41, 5.74) is 1.68. The molecular weight excluding hydrogens is 248 g/mol. The van der Waals surface area contributed by atoms with E-state index in [1.54, 1.807) is 6.07 Å². The summed E-state index contributed by atoms with van der Waals surface area (Å²) < 4.78 is 5.39. The van der Waals surface area contributed by atoms with E-state index in [0.29, 0.717) is 25.3 Å². The fraction of sp³-hybridized carbons (Fsp3) is 0.308. The molecule has 6 heteroatoms. The largest absolute Gasteiger partial charge is 0.465 e. The number of hydrogen-bond acceptors (Lipinski definition) is 4. The molecule has 0 aliphatic carbocycles. The standard InChI is InChI=1S/C13H16N2O4/c16-8-11-7-9-6-10(2-3-12(9)19-11)14-4-1-5-15-13(17)18/h2-3,6-7,14-16H,1,4-5,8H2,(H,17,18). The Bertz CT molecular complexity index is 565. The smallest absolute Gasteiger partial charge is 0.404 e. The Balaban J connectivity index is 1.88. The van der Waals surface area contributed by atoms with Crippen LogP contribution in [0.15, 0.2) is 28.7 Å². The Morgan fingerprint density at radius 3 is 2.84 bits per heavy atom.